The van der Waals surface area contributed by atoms with Crippen LogP contribution < -0.4 is 15.4 Å². The first-order valence-electron chi connectivity index (χ1n) is 15.7. The van der Waals surface area contributed by atoms with Crippen molar-refractivity contribution in [1.82, 2.24) is 20.6 Å². The minimum Gasteiger partial charge on any atom is -0.497 e. The number of amides is 2. The number of nitrogens with one attached hydrogen (secondary N) is 4. The van der Waals surface area contributed by atoms with Gasteiger partial charge in [-0.05, 0) is 74.1 Å². The van der Waals surface area contributed by atoms with Gasteiger partial charge in [0.1, 0.15) is 17.6 Å². The third-order valence-corrected chi connectivity index (χ3v) is 8.39. The van der Waals surface area contributed by atoms with Crippen LogP contribution in [0.5, 0.6) is 5.75 Å². The van der Waals surface area contributed by atoms with Gasteiger partial charge in [-0.1, -0.05) is 61.4 Å². The first kappa shape index (κ1) is 31.6. The second-order valence-electron chi connectivity index (χ2n) is 11.7. The summed E-state index contributed by atoms with van der Waals surface area (Å²) in [6, 6.07) is 23.5. The van der Waals surface area contributed by atoms with Crippen LogP contribution >= 0.6 is 0 Å². The van der Waals surface area contributed by atoms with E-state index in [1.807, 2.05) is 55.5 Å². The summed E-state index contributed by atoms with van der Waals surface area (Å²) in [5.74, 6) is 0.467. The number of fused-ring (bicyclic) bond motifs is 2. The van der Waals surface area contributed by atoms with Crippen molar-refractivity contribution in [2.75, 3.05) is 13.7 Å². The topological polar surface area (TPSA) is 116 Å². The summed E-state index contributed by atoms with van der Waals surface area (Å²) in [7, 11) is 1.62. The molecule has 0 bridgehead atoms. The Morgan fingerprint density at radius 3 is 2.38 bits per heavy atom. The van der Waals surface area contributed by atoms with Gasteiger partial charge < -0.3 is 30.1 Å². The number of methoxy groups -OCH3 is 1. The molecule has 0 fully saturated rings. The number of para-hydroxylation sites is 1. The van der Waals surface area contributed by atoms with Crippen LogP contribution in [-0.4, -0.2) is 47.3 Å². The average Bonchev–Trinajstić information content (AvgIpc) is 3.56. The Labute approximate surface area is 263 Å². The fourth-order valence-corrected chi connectivity index (χ4v) is 6.04. The van der Waals surface area contributed by atoms with Gasteiger partial charge in [-0.15, -0.1) is 0 Å². The molecule has 2 amide bonds. The van der Waals surface area contributed by atoms with Crippen LogP contribution in [0.4, 0.5) is 0 Å². The molecule has 1 atom stereocenters. The van der Waals surface area contributed by atoms with Crippen LogP contribution in [0.3, 0.4) is 0 Å². The van der Waals surface area contributed by atoms with Crippen LogP contribution in [0.1, 0.15) is 55.8 Å². The molecule has 5 aromatic rings. The Bertz CT molecular complexity index is 1790. The third-order valence-electron chi connectivity index (χ3n) is 8.39. The van der Waals surface area contributed by atoms with Crippen molar-refractivity contribution in [2.45, 2.75) is 64.8 Å². The average molecular weight is 607 g/mol. The molecule has 2 heterocycles. The quantitative estimate of drug-likeness (QED) is 0.101. The van der Waals surface area contributed by atoms with E-state index in [9.17, 15) is 14.4 Å². The Morgan fingerprint density at radius 2 is 1.60 bits per heavy atom. The highest BCUT2D eigenvalue weighted by molar-refractivity contribution is 5.94. The number of aryl methyl sites for hydroxylation is 1. The molecule has 0 aliphatic rings. The summed E-state index contributed by atoms with van der Waals surface area (Å²) in [6.07, 6.45) is 4.13. The Hall–Kier alpha value is -4.85. The fourth-order valence-electron chi connectivity index (χ4n) is 6.04. The van der Waals surface area contributed by atoms with E-state index in [1.54, 1.807) is 14.0 Å². The van der Waals surface area contributed by atoms with Crippen LogP contribution in [0, 0.1) is 6.92 Å². The summed E-state index contributed by atoms with van der Waals surface area (Å²) in [5, 5.41) is 8.18. The number of hydrogen-bond donors (Lipinski definition) is 4. The largest absolute Gasteiger partial charge is 0.497 e. The molecular weight excluding hydrogens is 564 g/mol. The summed E-state index contributed by atoms with van der Waals surface area (Å²) in [6.45, 7) is 3.97. The number of ether oxygens (including phenoxy) is 1. The second-order valence-corrected chi connectivity index (χ2v) is 11.7. The molecule has 45 heavy (non-hydrogen) atoms. The zero-order valence-electron chi connectivity index (χ0n) is 26.3. The number of H-pyrrole nitrogens is 2. The normalized spacial score (nSPS) is 11.9. The zero-order valence-corrected chi connectivity index (χ0v) is 26.3. The minimum atomic E-state index is -0.675. The summed E-state index contributed by atoms with van der Waals surface area (Å²) in [5.41, 5.74) is 7.07. The maximum absolute atomic E-state index is 13.6. The molecule has 8 heteroatoms. The molecule has 0 saturated heterocycles. The van der Waals surface area contributed by atoms with Gasteiger partial charge in [0.15, 0.2) is 0 Å². The molecule has 2 aromatic heterocycles. The zero-order chi connectivity index (χ0) is 31.8. The molecular formula is C37H42N4O4. The molecule has 0 aliphatic carbocycles. The van der Waals surface area contributed by atoms with E-state index in [2.05, 4.69) is 44.9 Å². The highest BCUT2D eigenvalue weighted by atomic mass is 16.5. The molecule has 3 aromatic carbocycles. The van der Waals surface area contributed by atoms with Gasteiger partial charge in [0.2, 0.25) is 11.8 Å². The van der Waals surface area contributed by atoms with E-state index in [1.165, 1.54) is 0 Å². The van der Waals surface area contributed by atoms with Crippen LogP contribution in [0.15, 0.2) is 72.8 Å². The molecule has 4 N–H and O–H groups in total. The van der Waals surface area contributed by atoms with Gasteiger partial charge >= 0.3 is 0 Å². The number of carbonyl (C=O) groups excluding carboxylic acids is 3. The van der Waals surface area contributed by atoms with Gasteiger partial charge in [0.25, 0.3) is 0 Å². The first-order chi connectivity index (χ1) is 21.8. The number of unbranched alkanes of at least 4 members (excludes halogenated alkanes) is 2. The minimum absolute atomic E-state index is 0.142. The molecule has 0 spiro atoms. The van der Waals surface area contributed by atoms with Crippen molar-refractivity contribution in [1.29, 1.82) is 0 Å². The van der Waals surface area contributed by atoms with E-state index in [4.69, 9.17) is 4.74 Å². The number of benzene rings is 3. The van der Waals surface area contributed by atoms with E-state index in [0.29, 0.717) is 25.8 Å². The number of Topliss-reactive ketones (excluding diaryl/α,β-unsaturated/α-hetero) is 1. The maximum Gasteiger partial charge on any atom is 0.242 e. The van der Waals surface area contributed by atoms with E-state index in [-0.39, 0.29) is 24.0 Å². The smallest absolute Gasteiger partial charge is 0.242 e. The molecule has 1 unspecified atom stereocenters. The third kappa shape index (κ3) is 7.81. The van der Waals surface area contributed by atoms with Gasteiger partial charge in [0.05, 0.1) is 13.5 Å². The summed E-state index contributed by atoms with van der Waals surface area (Å²) >= 11 is 0. The van der Waals surface area contributed by atoms with E-state index >= 15 is 0 Å². The lowest BCUT2D eigenvalue weighted by molar-refractivity contribution is -0.128. The van der Waals surface area contributed by atoms with Gasteiger partial charge in [0, 0.05) is 46.2 Å². The molecule has 8 nitrogen and oxygen atoms in total. The number of rotatable bonds is 15. The monoisotopic (exact) mass is 606 g/mol. The maximum atomic E-state index is 13.6. The number of aromatic amines is 2. The lowest BCUT2D eigenvalue weighted by Crippen LogP contribution is -2.47. The number of carbonyl (C=O) groups is 3. The summed E-state index contributed by atoms with van der Waals surface area (Å²) in [4.78, 5) is 45.2. The van der Waals surface area contributed by atoms with Crippen molar-refractivity contribution >= 4 is 39.4 Å². The van der Waals surface area contributed by atoms with Crippen LogP contribution in [0.25, 0.3) is 33.1 Å². The highest BCUT2D eigenvalue weighted by Crippen LogP contribution is 2.31. The highest BCUT2D eigenvalue weighted by Gasteiger charge is 2.22. The predicted octanol–water partition coefficient (Wildman–Crippen LogP) is 6.56. The van der Waals surface area contributed by atoms with Crippen molar-refractivity contribution in [2.24, 2.45) is 0 Å². The molecule has 5 rings (SSSR count). The van der Waals surface area contributed by atoms with Crippen molar-refractivity contribution < 1.29 is 19.1 Å². The van der Waals surface area contributed by atoms with Crippen LogP contribution in [-0.2, 0) is 27.2 Å². The van der Waals surface area contributed by atoms with Gasteiger partial charge in [-0.25, -0.2) is 0 Å². The van der Waals surface area contributed by atoms with Crippen molar-refractivity contribution in [3.05, 3.63) is 89.6 Å². The Kier molecular flexibility index (Phi) is 10.3. The molecule has 234 valence electrons. The number of hydrogen-bond acceptors (Lipinski definition) is 4. The molecule has 0 radical (unpaired) electrons. The molecule has 0 aliphatic heterocycles. The lowest BCUT2D eigenvalue weighted by atomic mass is 10.0. The SMILES string of the molecule is COc1ccc2[nH]c(C)c(CC(=O)NC(CCCCCC(C)=O)C(=O)NCCc3c(-c4ccccc4)[nH]c4ccccc34)c2c1. The summed E-state index contributed by atoms with van der Waals surface area (Å²) < 4.78 is 5.40. The number of aromatic nitrogens is 2. The predicted molar refractivity (Wildman–Crippen MR) is 179 cm³/mol. The van der Waals surface area contributed by atoms with Crippen molar-refractivity contribution in [3.63, 3.8) is 0 Å². The van der Waals surface area contributed by atoms with E-state index < -0.39 is 6.04 Å². The van der Waals surface area contributed by atoms with Crippen LogP contribution in [0.2, 0.25) is 0 Å². The fraction of sp³-hybridized carbons (Fsp3) is 0.324. The van der Waals surface area contributed by atoms with Gasteiger partial charge in [-0.3, -0.25) is 9.59 Å². The Morgan fingerprint density at radius 1 is 0.844 bits per heavy atom. The van der Waals surface area contributed by atoms with Crippen molar-refractivity contribution in [3.8, 4) is 17.0 Å². The number of ketones is 1. The second kappa shape index (κ2) is 14.8. The first-order valence-corrected chi connectivity index (χ1v) is 15.7. The van der Waals surface area contributed by atoms with Gasteiger partial charge in [-0.2, -0.15) is 0 Å². The lowest BCUT2D eigenvalue weighted by Gasteiger charge is -2.19. The Balaban J connectivity index is 1.28. The molecule has 0 saturated carbocycles. The standard InChI is InChI=1S/C37H42N4O4/c1-24(42)12-6-4-9-17-34(40-35(43)23-30-25(2)39-33-19-18-27(45-3)22-31(30)33)37(44)38-21-20-29-28-15-10-11-16-32(28)41-36(29)26-13-7-5-8-14-26/h5,7-8,10-11,13-16,18-19,22,34,39,41H,4,6,9,12,17,20-21,23H2,1-3H3,(H,38,44)(H,40,43). The van der Waals surface area contributed by atoms with E-state index in [0.717, 1.165) is 74.9 Å².